The predicted molar refractivity (Wildman–Crippen MR) is 90.6 cm³/mol. The summed E-state index contributed by atoms with van der Waals surface area (Å²) < 4.78 is 0. The number of amides is 1. The van der Waals surface area contributed by atoms with E-state index in [1.54, 1.807) is 0 Å². The van der Waals surface area contributed by atoms with Gasteiger partial charge in [0.1, 0.15) is 0 Å². The molecule has 0 radical (unpaired) electrons. The molecule has 2 aromatic rings. The minimum Gasteiger partial charge on any atom is -0.321 e. The Kier molecular flexibility index (Phi) is 5.27. The van der Waals surface area contributed by atoms with Crippen LogP contribution < -0.4 is 5.32 Å². The summed E-state index contributed by atoms with van der Waals surface area (Å²) >= 11 is 17.8. The van der Waals surface area contributed by atoms with Crippen LogP contribution in [0.5, 0.6) is 0 Å². The van der Waals surface area contributed by atoms with E-state index >= 15 is 0 Å². The van der Waals surface area contributed by atoms with Crippen molar-refractivity contribution in [2.24, 2.45) is 0 Å². The van der Waals surface area contributed by atoms with Crippen molar-refractivity contribution in [3.8, 4) is 6.07 Å². The van der Waals surface area contributed by atoms with Crippen molar-refractivity contribution in [1.82, 2.24) is 0 Å². The average Bonchev–Trinajstić information content (AvgIpc) is 2.50. The number of anilines is 1. The van der Waals surface area contributed by atoms with Crippen LogP contribution in [0.15, 0.2) is 30.3 Å². The summed E-state index contributed by atoms with van der Waals surface area (Å²) in [5.41, 5.74) is 0.849. The fraction of sp³-hybridized carbons (Fsp3) is 0.0625. The largest absolute Gasteiger partial charge is 0.321 e. The number of carbonyl (C=O) groups excluding carboxylic acids is 2. The van der Waals surface area contributed by atoms with E-state index in [1.807, 2.05) is 6.07 Å². The Hall–Kier alpha value is -2.06. The predicted octanol–water partition coefficient (Wildman–Crippen LogP) is 4.97. The lowest BCUT2D eigenvalue weighted by molar-refractivity contribution is 0.101. The van der Waals surface area contributed by atoms with Crippen LogP contribution in [0.25, 0.3) is 0 Å². The number of benzene rings is 2. The van der Waals surface area contributed by atoms with Gasteiger partial charge in [-0.15, -0.1) is 0 Å². The van der Waals surface area contributed by atoms with Crippen molar-refractivity contribution in [3.05, 3.63) is 62.1 Å². The van der Waals surface area contributed by atoms with Gasteiger partial charge in [-0.05, 0) is 37.3 Å². The number of nitrogens with one attached hydrogen (secondary N) is 1. The van der Waals surface area contributed by atoms with Gasteiger partial charge in [-0.3, -0.25) is 9.59 Å². The number of Topliss-reactive ketones (excluding diaryl/α,β-unsaturated/α-hetero) is 1. The number of nitriles is 1. The fourth-order valence-electron chi connectivity index (χ4n) is 1.90. The maximum Gasteiger partial charge on any atom is 0.257 e. The summed E-state index contributed by atoms with van der Waals surface area (Å²) in [7, 11) is 0. The molecule has 2 aromatic carbocycles. The van der Waals surface area contributed by atoms with Crippen molar-refractivity contribution in [1.29, 1.82) is 5.26 Å². The van der Waals surface area contributed by atoms with Crippen LogP contribution in [0.4, 0.5) is 5.69 Å². The molecular formula is C16H9Cl3N2O2. The Morgan fingerprint density at radius 1 is 1.00 bits per heavy atom. The standard InChI is InChI=1S/C16H9Cl3N2O2/c1-8(22)10-5-13(18)14(19)6-15(10)21-16(23)11-4-9(7-20)2-3-12(11)17/h2-6H,1H3,(H,21,23). The van der Waals surface area contributed by atoms with Crippen molar-refractivity contribution < 1.29 is 9.59 Å². The summed E-state index contributed by atoms with van der Waals surface area (Å²) in [6.07, 6.45) is 0. The van der Waals surface area contributed by atoms with E-state index in [4.69, 9.17) is 40.1 Å². The number of carbonyl (C=O) groups is 2. The Balaban J connectivity index is 2.44. The molecule has 0 atom stereocenters. The maximum atomic E-state index is 12.4. The van der Waals surface area contributed by atoms with Gasteiger partial charge in [0, 0.05) is 5.56 Å². The molecule has 0 spiro atoms. The zero-order valence-electron chi connectivity index (χ0n) is 11.8. The summed E-state index contributed by atoms with van der Waals surface area (Å²) in [6, 6.07) is 9.02. The van der Waals surface area contributed by atoms with Crippen LogP contribution in [0.2, 0.25) is 15.1 Å². The lowest BCUT2D eigenvalue weighted by Crippen LogP contribution is -2.15. The van der Waals surface area contributed by atoms with E-state index in [0.717, 1.165) is 0 Å². The van der Waals surface area contributed by atoms with Crippen molar-refractivity contribution in [2.45, 2.75) is 6.92 Å². The summed E-state index contributed by atoms with van der Waals surface area (Å²) in [5, 5.41) is 12.1. The van der Waals surface area contributed by atoms with Crippen LogP contribution in [0, 0.1) is 11.3 Å². The highest BCUT2D eigenvalue weighted by atomic mass is 35.5. The molecule has 0 aromatic heterocycles. The van der Waals surface area contributed by atoms with Crippen LogP contribution in [-0.4, -0.2) is 11.7 Å². The number of rotatable bonds is 3. The first-order chi connectivity index (χ1) is 10.8. The van der Waals surface area contributed by atoms with Gasteiger partial charge in [0.2, 0.25) is 0 Å². The number of hydrogen-bond acceptors (Lipinski definition) is 3. The van der Waals surface area contributed by atoms with Gasteiger partial charge in [-0.1, -0.05) is 34.8 Å². The van der Waals surface area contributed by atoms with E-state index in [1.165, 1.54) is 37.3 Å². The monoisotopic (exact) mass is 366 g/mol. The van der Waals surface area contributed by atoms with Gasteiger partial charge in [-0.25, -0.2) is 0 Å². The SMILES string of the molecule is CC(=O)c1cc(Cl)c(Cl)cc1NC(=O)c1cc(C#N)ccc1Cl. The Labute approximate surface area is 147 Å². The third-order valence-corrected chi connectivity index (χ3v) is 4.08. The number of ketones is 1. The van der Waals surface area contributed by atoms with E-state index < -0.39 is 5.91 Å². The molecule has 7 heteroatoms. The second-order valence-electron chi connectivity index (χ2n) is 4.63. The second kappa shape index (κ2) is 7.01. The maximum absolute atomic E-state index is 12.4. The van der Waals surface area contributed by atoms with Gasteiger partial charge >= 0.3 is 0 Å². The van der Waals surface area contributed by atoms with E-state index in [9.17, 15) is 9.59 Å². The molecule has 0 saturated heterocycles. The van der Waals surface area contributed by atoms with Crippen molar-refractivity contribution in [2.75, 3.05) is 5.32 Å². The highest BCUT2D eigenvalue weighted by Crippen LogP contribution is 2.30. The molecule has 1 N–H and O–H groups in total. The molecule has 0 saturated carbocycles. The molecule has 4 nitrogen and oxygen atoms in total. The quantitative estimate of drug-likeness (QED) is 0.778. The third-order valence-electron chi connectivity index (χ3n) is 3.03. The minimum atomic E-state index is -0.562. The smallest absolute Gasteiger partial charge is 0.257 e. The van der Waals surface area contributed by atoms with E-state index in [-0.39, 0.29) is 37.7 Å². The van der Waals surface area contributed by atoms with Gasteiger partial charge < -0.3 is 5.32 Å². The lowest BCUT2D eigenvalue weighted by atomic mass is 10.1. The first kappa shape index (κ1) is 17.3. The number of halogens is 3. The van der Waals surface area contributed by atoms with Crippen LogP contribution in [0.3, 0.4) is 0 Å². The normalized spacial score (nSPS) is 10.0. The molecule has 0 unspecified atom stereocenters. The zero-order valence-corrected chi connectivity index (χ0v) is 14.1. The zero-order chi connectivity index (χ0) is 17.1. The number of nitrogens with zero attached hydrogens (tertiary/aromatic N) is 1. The first-order valence-electron chi connectivity index (χ1n) is 6.34. The Morgan fingerprint density at radius 3 is 2.26 bits per heavy atom. The number of hydrogen-bond donors (Lipinski definition) is 1. The van der Waals surface area contributed by atoms with Crippen LogP contribution in [-0.2, 0) is 0 Å². The van der Waals surface area contributed by atoms with Crippen LogP contribution >= 0.6 is 34.8 Å². The summed E-state index contributed by atoms with van der Waals surface area (Å²) in [5.74, 6) is -0.844. The molecule has 0 aliphatic heterocycles. The first-order valence-corrected chi connectivity index (χ1v) is 7.48. The van der Waals surface area contributed by atoms with Crippen LogP contribution in [0.1, 0.15) is 33.2 Å². The molecule has 0 bridgehead atoms. The highest BCUT2D eigenvalue weighted by Gasteiger charge is 2.17. The highest BCUT2D eigenvalue weighted by molar-refractivity contribution is 6.42. The molecule has 23 heavy (non-hydrogen) atoms. The molecule has 0 aliphatic carbocycles. The van der Waals surface area contributed by atoms with Gasteiger partial charge in [0.15, 0.2) is 5.78 Å². The fourth-order valence-corrected chi connectivity index (χ4v) is 2.43. The molecule has 0 aliphatic rings. The van der Waals surface area contributed by atoms with E-state index in [0.29, 0.717) is 5.56 Å². The summed E-state index contributed by atoms with van der Waals surface area (Å²) in [4.78, 5) is 24.1. The average molecular weight is 368 g/mol. The molecule has 1 amide bonds. The van der Waals surface area contributed by atoms with Gasteiger partial charge in [0.05, 0.1) is 38.0 Å². The Bertz CT molecular complexity index is 857. The lowest BCUT2D eigenvalue weighted by Gasteiger charge is -2.12. The molecule has 0 fully saturated rings. The molecule has 0 heterocycles. The Morgan fingerprint density at radius 2 is 1.65 bits per heavy atom. The van der Waals surface area contributed by atoms with Gasteiger partial charge in [0.25, 0.3) is 5.91 Å². The van der Waals surface area contributed by atoms with Crippen molar-refractivity contribution >= 4 is 52.2 Å². The minimum absolute atomic E-state index is 0.117. The second-order valence-corrected chi connectivity index (χ2v) is 5.85. The van der Waals surface area contributed by atoms with Gasteiger partial charge in [-0.2, -0.15) is 5.26 Å². The topological polar surface area (TPSA) is 70.0 Å². The molecule has 116 valence electrons. The molecular weight excluding hydrogens is 359 g/mol. The van der Waals surface area contributed by atoms with Crippen molar-refractivity contribution in [3.63, 3.8) is 0 Å². The van der Waals surface area contributed by atoms with E-state index in [2.05, 4.69) is 5.32 Å². The third kappa shape index (κ3) is 3.83. The molecule has 2 rings (SSSR count). The summed E-state index contributed by atoms with van der Waals surface area (Å²) in [6.45, 7) is 1.35.